The van der Waals surface area contributed by atoms with Crippen molar-refractivity contribution >= 4 is 16.7 Å². The highest BCUT2D eigenvalue weighted by atomic mass is 16.5. The molecule has 0 aliphatic heterocycles. The first-order chi connectivity index (χ1) is 7.77. The maximum absolute atomic E-state index is 11.5. The molecule has 0 radical (unpaired) electrons. The number of fused-ring (bicyclic) bond motifs is 1. The van der Waals surface area contributed by atoms with E-state index in [4.69, 9.17) is 4.74 Å². The minimum atomic E-state index is -0.446. The van der Waals surface area contributed by atoms with Gasteiger partial charge in [0.05, 0.1) is 20.4 Å². The van der Waals surface area contributed by atoms with E-state index in [9.17, 15) is 4.79 Å². The predicted molar refractivity (Wildman–Crippen MR) is 59.6 cm³/mol. The fraction of sp³-hybridized carbons (Fsp3) is 0.167. The summed E-state index contributed by atoms with van der Waals surface area (Å²) in [4.78, 5) is 15.6. The van der Waals surface area contributed by atoms with Crippen LogP contribution < -0.4 is 4.74 Å². The van der Waals surface area contributed by atoms with Crippen LogP contribution in [0.5, 0.6) is 5.75 Å². The Morgan fingerprint density at radius 2 is 1.88 bits per heavy atom. The van der Waals surface area contributed by atoms with Gasteiger partial charge in [-0.1, -0.05) is 24.3 Å². The quantitative estimate of drug-likeness (QED) is 0.722. The molecular formula is C12H11NO3. The molecular weight excluding hydrogens is 206 g/mol. The van der Waals surface area contributed by atoms with Crippen molar-refractivity contribution in [2.24, 2.45) is 0 Å². The normalized spacial score (nSPS) is 10.1. The Morgan fingerprint density at radius 1 is 1.19 bits per heavy atom. The van der Waals surface area contributed by atoms with Crippen molar-refractivity contribution < 1.29 is 14.3 Å². The zero-order valence-corrected chi connectivity index (χ0v) is 9.06. The second-order valence-electron chi connectivity index (χ2n) is 3.21. The molecule has 1 heterocycles. The Hall–Kier alpha value is -2.10. The summed E-state index contributed by atoms with van der Waals surface area (Å²) in [6, 6.07) is 7.42. The summed E-state index contributed by atoms with van der Waals surface area (Å²) >= 11 is 0. The van der Waals surface area contributed by atoms with Crippen LogP contribution in [0.15, 0.2) is 30.5 Å². The molecule has 0 amide bonds. The molecule has 0 aliphatic rings. The van der Waals surface area contributed by atoms with Gasteiger partial charge in [-0.15, -0.1) is 0 Å². The van der Waals surface area contributed by atoms with Crippen LogP contribution in [-0.4, -0.2) is 25.2 Å². The third kappa shape index (κ3) is 1.58. The molecule has 0 N–H and O–H groups in total. The van der Waals surface area contributed by atoms with E-state index >= 15 is 0 Å². The smallest absolute Gasteiger partial charge is 0.357 e. The Labute approximate surface area is 92.8 Å². The van der Waals surface area contributed by atoms with Gasteiger partial charge in [-0.25, -0.2) is 9.78 Å². The number of hydrogen-bond acceptors (Lipinski definition) is 4. The number of carbonyl (C=O) groups excluding carboxylic acids is 1. The fourth-order valence-electron chi connectivity index (χ4n) is 1.59. The zero-order chi connectivity index (χ0) is 11.5. The lowest BCUT2D eigenvalue weighted by Crippen LogP contribution is -2.05. The van der Waals surface area contributed by atoms with E-state index in [1.54, 1.807) is 7.11 Å². The van der Waals surface area contributed by atoms with Crippen LogP contribution >= 0.6 is 0 Å². The molecule has 0 unspecified atom stereocenters. The summed E-state index contributed by atoms with van der Waals surface area (Å²) in [7, 11) is 2.91. The van der Waals surface area contributed by atoms with Crippen LogP contribution in [0.1, 0.15) is 10.5 Å². The number of rotatable bonds is 2. The number of aromatic nitrogens is 1. The largest absolute Gasteiger partial charge is 0.494 e. The monoisotopic (exact) mass is 217 g/mol. The fourth-order valence-corrected chi connectivity index (χ4v) is 1.59. The molecule has 0 fully saturated rings. The molecule has 0 spiro atoms. The summed E-state index contributed by atoms with van der Waals surface area (Å²) in [5.74, 6) is 0.196. The van der Waals surface area contributed by atoms with Crippen LogP contribution in [-0.2, 0) is 4.74 Å². The molecule has 4 heteroatoms. The van der Waals surface area contributed by atoms with Gasteiger partial charge in [-0.05, 0) is 0 Å². The minimum Gasteiger partial charge on any atom is -0.494 e. The predicted octanol–water partition coefficient (Wildman–Crippen LogP) is 2.03. The molecule has 2 rings (SSSR count). The lowest BCUT2D eigenvalue weighted by Gasteiger charge is -2.07. The van der Waals surface area contributed by atoms with Gasteiger partial charge < -0.3 is 9.47 Å². The van der Waals surface area contributed by atoms with Gasteiger partial charge in [0, 0.05) is 10.8 Å². The summed E-state index contributed by atoms with van der Waals surface area (Å²) in [6.07, 6.45) is 1.52. The van der Waals surface area contributed by atoms with E-state index in [1.807, 2.05) is 24.3 Å². The molecule has 82 valence electrons. The molecule has 16 heavy (non-hydrogen) atoms. The van der Waals surface area contributed by atoms with E-state index in [2.05, 4.69) is 9.72 Å². The van der Waals surface area contributed by atoms with Gasteiger partial charge in [0.1, 0.15) is 5.75 Å². The molecule has 1 aromatic heterocycles. The number of esters is 1. The van der Waals surface area contributed by atoms with Crippen molar-refractivity contribution in [3.63, 3.8) is 0 Å². The van der Waals surface area contributed by atoms with Crippen molar-refractivity contribution in [3.8, 4) is 5.75 Å². The number of benzene rings is 1. The van der Waals surface area contributed by atoms with E-state index < -0.39 is 5.97 Å². The molecule has 0 bridgehead atoms. The van der Waals surface area contributed by atoms with Crippen LogP contribution in [0.3, 0.4) is 0 Å². The average molecular weight is 217 g/mol. The first-order valence-corrected chi connectivity index (χ1v) is 4.78. The van der Waals surface area contributed by atoms with Crippen molar-refractivity contribution in [1.29, 1.82) is 0 Å². The molecule has 1 aromatic carbocycles. The Balaban J connectivity index is 2.74. The SMILES string of the molecule is COC(=O)c1ncc(OC)c2ccccc12. The van der Waals surface area contributed by atoms with Crippen LogP contribution in [0, 0.1) is 0 Å². The second-order valence-corrected chi connectivity index (χ2v) is 3.21. The summed E-state index contributed by atoms with van der Waals surface area (Å²) in [5, 5.41) is 1.58. The third-order valence-electron chi connectivity index (χ3n) is 2.36. The van der Waals surface area contributed by atoms with Crippen LogP contribution in [0.25, 0.3) is 10.8 Å². The van der Waals surface area contributed by atoms with Gasteiger partial charge in [-0.3, -0.25) is 0 Å². The third-order valence-corrected chi connectivity index (χ3v) is 2.36. The maximum atomic E-state index is 11.5. The van der Waals surface area contributed by atoms with Crippen molar-refractivity contribution in [3.05, 3.63) is 36.2 Å². The minimum absolute atomic E-state index is 0.305. The molecule has 0 atom stereocenters. The topological polar surface area (TPSA) is 48.4 Å². The number of pyridine rings is 1. The maximum Gasteiger partial charge on any atom is 0.357 e. The molecule has 0 aliphatic carbocycles. The van der Waals surface area contributed by atoms with Crippen LogP contribution in [0.2, 0.25) is 0 Å². The molecule has 2 aromatic rings. The lowest BCUT2D eigenvalue weighted by atomic mass is 10.1. The number of methoxy groups -OCH3 is 2. The van der Waals surface area contributed by atoms with Gasteiger partial charge in [-0.2, -0.15) is 0 Å². The first kappa shape index (κ1) is 10.4. The van der Waals surface area contributed by atoms with Gasteiger partial charge in [0.2, 0.25) is 0 Å². The summed E-state index contributed by atoms with van der Waals surface area (Å²) in [6.45, 7) is 0. The highest BCUT2D eigenvalue weighted by Gasteiger charge is 2.14. The van der Waals surface area contributed by atoms with Crippen molar-refractivity contribution in [2.75, 3.05) is 14.2 Å². The number of carbonyl (C=O) groups is 1. The van der Waals surface area contributed by atoms with Crippen LogP contribution in [0.4, 0.5) is 0 Å². The number of hydrogen-bond donors (Lipinski definition) is 0. The Kier molecular flexibility index (Phi) is 2.72. The van der Waals surface area contributed by atoms with E-state index in [0.717, 1.165) is 10.8 Å². The molecule has 0 saturated heterocycles. The highest BCUT2D eigenvalue weighted by molar-refractivity contribution is 6.04. The Morgan fingerprint density at radius 3 is 2.50 bits per heavy atom. The molecule has 0 saturated carbocycles. The highest BCUT2D eigenvalue weighted by Crippen LogP contribution is 2.26. The van der Waals surface area contributed by atoms with Crippen molar-refractivity contribution in [1.82, 2.24) is 4.98 Å². The lowest BCUT2D eigenvalue weighted by molar-refractivity contribution is 0.0596. The van der Waals surface area contributed by atoms with Gasteiger partial charge >= 0.3 is 5.97 Å². The first-order valence-electron chi connectivity index (χ1n) is 4.78. The second kappa shape index (κ2) is 4.18. The van der Waals surface area contributed by atoms with E-state index in [0.29, 0.717) is 11.4 Å². The van der Waals surface area contributed by atoms with E-state index in [1.165, 1.54) is 13.3 Å². The van der Waals surface area contributed by atoms with Gasteiger partial charge in [0.15, 0.2) is 5.69 Å². The number of ether oxygens (including phenoxy) is 2. The number of nitrogens with zero attached hydrogens (tertiary/aromatic N) is 1. The average Bonchev–Trinajstić information content (AvgIpc) is 2.36. The zero-order valence-electron chi connectivity index (χ0n) is 9.06. The van der Waals surface area contributed by atoms with Crippen molar-refractivity contribution in [2.45, 2.75) is 0 Å². The standard InChI is InChI=1S/C12H11NO3/c1-15-10-7-13-11(12(14)16-2)9-6-4-3-5-8(9)10/h3-7H,1-2H3. The Bertz CT molecular complexity index is 537. The van der Waals surface area contributed by atoms with Gasteiger partial charge in [0.25, 0.3) is 0 Å². The summed E-state index contributed by atoms with van der Waals surface area (Å²) < 4.78 is 9.86. The summed E-state index contributed by atoms with van der Waals surface area (Å²) in [5.41, 5.74) is 0.305. The molecule has 4 nitrogen and oxygen atoms in total. The van der Waals surface area contributed by atoms with E-state index in [-0.39, 0.29) is 0 Å².